The van der Waals surface area contributed by atoms with Gasteiger partial charge in [-0.3, -0.25) is 4.79 Å². The van der Waals surface area contributed by atoms with Crippen LogP contribution in [0.1, 0.15) is 71.2 Å². The molecule has 2 aromatic heterocycles. The Labute approximate surface area is 218 Å². The second-order valence-corrected chi connectivity index (χ2v) is 10.5. The molecule has 0 radical (unpaired) electrons. The van der Waals surface area contributed by atoms with E-state index in [1.165, 1.54) is 30.4 Å². The number of para-hydroxylation sites is 1. The number of fused-ring (bicyclic) bond motifs is 1. The van der Waals surface area contributed by atoms with Gasteiger partial charge in [0.25, 0.3) is 5.91 Å². The van der Waals surface area contributed by atoms with Crippen molar-refractivity contribution in [3.8, 4) is 16.9 Å². The van der Waals surface area contributed by atoms with E-state index in [1.54, 1.807) is 0 Å². The van der Waals surface area contributed by atoms with Gasteiger partial charge in [-0.15, -0.1) is 10.2 Å². The monoisotopic (exact) mass is 494 g/mol. The van der Waals surface area contributed by atoms with Crippen molar-refractivity contribution >= 4 is 5.91 Å². The highest BCUT2D eigenvalue weighted by molar-refractivity contribution is 6.00. The largest absolute Gasteiger partial charge is 0.338 e. The first-order valence-electron chi connectivity index (χ1n) is 13.5. The van der Waals surface area contributed by atoms with Crippen molar-refractivity contribution in [3.63, 3.8) is 0 Å². The summed E-state index contributed by atoms with van der Waals surface area (Å²) in [6, 6.07) is 16.3. The van der Waals surface area contributed by atoms with Crippen LogP contribution in [-0.2, 0) is 13.0 Å². The number of piperidine rings is 1. The highest BCUT2D eigenvalue weighted by Gasteiger charge is 2.32. The van der Waals surface area contributed by atoms with Gasteiger partial charge in [-0.25, -0.2) is 4.68 Å². The van der Waals surface area contributed by atoms with Crippen molar-refractivity contribution in [2.24, 2.45) is 0 Å². The zero-order valence-corrected chi connectivity index (χ0v) is 21.7. The normalized spacial score (nSPS) is 17.9. The zero-order chi connectivity index (χ0) is 25.4. The molecule has 0 bridgehead atoms. The van der Waals surface area contributed by atoms with Gasteiger partial charge in [-0.05, 0) is 68.9 Å². The summed E-state index contributed by atoms with van der Waals surface area (Å²) in [6.07, 6.45) is 8.49. The van der Waals surface area contributed by atoms with Gasteiger partial charge in [0.1, 0.15) is 17.3 Å². The molecule has 0 spiro atoms. The third-order valence-corrected chi connectivity index (χ3v) is 7.96. The molecule has 7 heteroatoms. The van der Waals surface area contributed by atoms with E-state index in [0.717, 1.165) is 60.9 Å². The van der Waals surface area contributed by atoms with E-state index >= 15 is 0 Å². The molecule has 6 rings (SSSR count). The smallest absolute Gasteiger partial charge is 0.257 e. The Morgan fingerprint density at radius 3 is 2.62 bits per heavy atom. The van der Waals surface area contributed by atoms with Crippen LogP contribution in [-0.4, -0.2) is 48.4 Å². The van der Waals surface area contributed by atoms with Crippen molar-refractivity contribution in [3.05, 3.63) is 83.1 Å². The van der Waals surface area contributed by atoms with E-state index in [1.807, 2.05) is 46.1 Å². The van der Waals surface area contributed by atoms with Crippen LogP contribution in [0.4, 0.5) is 0 Å². The molecule has 4 heterocycles. The fourth-order valence-corrected chi connectivity index (χ4v) is 5.70. The quantitative estimate of drug-likeness (QED) is 0.376. The number of hydrogen-bond acceptors (Lipinski definition) is 4. The maximum Gasteiger partial charge on any atom is 0.257 e. The molecular formula is C30H34N6O. The summed E-state index contributed by atoms with van der Waals surface area (Å²) < 4.78 is 4.16. The first-order valence-corrected chi connectivity index (χ1v) is 13.5. The maximum atomic E-state index is 14.1. The van der Waals surface area contributed by atoms with Crippen molar-refractivity contribution in [2.45, 2.75) is 64.8 Å². The maximum absolute atomic E-state index is 14.1. The topological polar surface area (TPSA) is 68.8 Å². The molecule has 0 N–H and O–H groups in total. The highest BCUT2D eigenvalue weighted by atomic mass is 16.2. The van der Waals surface area contributed by atoms with Gasteiger partial charge in [-0.2, -0.15) is 5.10 Å². The van der Waals surface area contributed by atoms with Gasteiger partial charge in [0.15, 0.2) is 0 Å². The number of aryl methyl sites for hydroxylation is 3. The van der Waals surface area contributed by atoms with Crippen LogP contribution in [0.15, 0.2) is 54.7 Å². The Kier molecular flexibility index (Phi) is 6.37. The first-order chi connectivity index (χ1) is 18.1. The lowest BCUT2D eigenvalue weighted by Crippen LogP contribution is -2.40. The number of likely N-dealkylation sites (tertiary alicyclic amines) is 1. The minimum Gasteiger partial charge on any atom is -0.338 e. The number of aromatic nitrogens is 5. The summed E-state index contributed by atoms with van der Waals surface area (Å²) in [5.74, 6) is 2.42. The van der Waals surface area contributed by atoms with Crippen LogP contribution >= 0.6 is 0 Å². The standard InChI is InChI=1S/C30H34N6O/c1-21-14-15-23(18-22(21)2)28-26(20-36(33-28)25-11-5-3-6-12-25)30(37)34-16-9-10-24(19-34)29-32-31-27-13-7-4-8-17-35(27)29/h3,5-6,11-12,14-15,18,20,24H,4,7-10,13,16-17,19H2,1-2H3. The van der Waals surface area contributed by atoms with Crippen molar-refractivity contribution in [2.75, 3.05) is 13.1 Å². The lowest BCUT2D eigenvalue weighted by atomic mass is 9.95. The van der Waals surface area contributed by atoms with E-state index in [4.69, 9.17) is 5.10 Å². The SMILES string of the molecule is Cc1ccc(-c2nn(-c3ccccc3)cc2C(=O)N2CCCC(c3nnc4n3CCCCC4)C2)cc1C. The molecule has 1 amide bonds. The van der Waals surface area contributed by atoms with Crippen LogP contribution in [0.5, 0.6) is 0 Å². The van der Waals surface area contributed by atoms with E-state index < -0.39 is 0 Å². The predicted molar refractivity (Wildman–Crippen MR) is 144 cm³/mol. The summed E-state index contributed by atoms with van der Waals surface area (Å²) in [5, 5.41) is 14.1. The van der Waals surface area contributed by atoms with Gasteiger partial charge in [0, 0.05) is 43.7 Å². The molecule has 1 unspecified atom stereocenters. The molecule has 4 aromatic rings. The molecule has 2 aliphatic heterocycles. The van der Waals surface area contributed by atoms with Crippen molar-refractivity contribution in [1.29, 1.82) is 0 Å². The van der Waals surface area contributed by atoms with Crippen LogP contribution in [0.25, 0.3) is 16.9 Å². The Hall–Kier alpha value is -3.74. The predicted octanol–water partition coefficient (Wildman–Crippen LogP) is 5.49. The van der Waals surface area contributed by atoms with E-state index in [-0.39, 0.29) is 11.8 Å². The van der Waals surface area contributed by atoms with Crippen molar-refractivity contribution < 1.29 is 4.79 Å². The zero-order valence-electron chi connectivity index (χ0n) is 21.7. The fraction of sp³-hybridized carbons (Fsp3) is 0.400. The molecule has 0 aliphatic carbocycles. The average Bonchev–Trinajstić information content (AvgIpc) is 3.48. The molecule has 2 aromatic carbocycles. The van der Waals surface area contributed by atoms with E-state index in [2.05, 4.69) is 46.8 Å². The summed E-state index contributed by atoms with van der Waals surface area (Å²) in [4.78, 5) is 16.1. The van der Waals surface area contributed by atoms with Crippen molar-refractivity contribution in [1.82, 2.24) is 29.4 Å². The Morgan fingerprint density at radius 2 is 1.78 bits per heavy atom. The molecule has 0 saturated carbocycles. The van der Waals surface area contributed by atoms with Crippen LogP contribution < -0.4 is 0 Å². The minimum atomic E-state index is 0.0377. The Bertz CT molecular complexity index is 1420. The minimum absolute atomic E-state index is 0.0377. The lowest BCUT2D eigenvalue weighted by Gasteiger charge is -2.32. The van der Waals surface area contributed by atoms with E-state index in [9.17, 15) is 4.79 Å². The number of nitrogens with zero attached hydrogens (tertiary/aromatic N) is 6. The second kappa shape index (κ2) is 9.96. The average molecular weight is 495 g/mol. The molecule has 37 heavy (non-hydrogen) atoms. The number of rotatable bonds is 4. The van der Waals surface area contributed by atoms with Gasteiger partial charge in [-0.1, -0.05) is 36.8 Å². The third-order valence-electron chi connectivity index (χ3n) is 7.96. The Balaban J connectivity index is 1.34. The number of carbonyl (C=O) groups is 1. The Morgan fingerprint density at radius 1 is 0.919 bits per heavy atom. The fourth-order valence-electron chi connectivity index (χ4n) is 5.70. The van der Waals surface area contributed by atoms with Crippen LogP contribution in [0.3, 0.4) is 0 Å². The number of amides is 1. The number of carbonyl (C=O) groups excluding carboxylic acids is 1. The molecule has 2 aliphatic rings. The van der Waals surface area contributed by atoms with Crippen LogP contribution in [0.2, 0.25) is 0 Å². The van der Waals surface area contributed by atoms with Gasteiger partial charge >= 0.3 is 0 Å². The third kappa shape index (κ3) is 4.59. The molecule has 1 atom stereocenters. The molecule has 190 valence electrons. The number of hydrogen-bond donors (Lipinski definition) is 0. The summed E-state index contributed by atoms with van der Waals surface area (Å²) >= 11 is 0. The summed E-state index contributed by atoms with van der Waals surface area (Å²) in [7, 11) is 0. The van der Waals surface area contributed by atoms with Crippen LogP contribution in [0, 0.1) is 13.8 Å². The first kappa shape index (κ1) is 23.6. The summed E-state index contributed by atoms with van der Waals surface area (Å²) in [6.45, 7) is 6.61. The summed E-state index contributed by atoms with van der Waals surface area (Å²) in [5.41, 5.74) is 5.70. The molecular weight excluding hydrogens is 460 g/mol. The second-order valence-electron chi connectivity index (χ2n) is 10.5. The molecule has 1 fully saturated rings. The molecule has 7 nitrogen and oxygen atoms in total. The molecule has 1 saturated heterocycles. The highest BCUT2D eigenvalue weighted by Crippen LogP contribution is 2.31. The lowest BCUT2D eigenvalue weighted by molar-refractivity contribution is 0.0704. The van der Waals surface area contributed by atoms with Gasteiger partial charge in [0.2, 0.25) is 0 Å². The number of benzene rings is 2. The van der Waals surface area contributed by atoms with Gasteiger partial charge in [0.05, 0.1) is 11.3 Å². The van der Waals surface area contributed by atoms with Gasteiger partial charge < -0.3 is 9.47 Å². The van der Waals surface area contributed by atoms with E-state index in [0.29, 0.717) is 12.1 Å².